The first kappa shape index (κ1) is 19.1. The predicted octanol–water partition coefficient (Wildman–Crippen LogP) is 4.53. The Morgan fingerprint density at radius 2 is 1.86 bits per heavy atom. The van der Waals surface area contributed by atoms with E-state index in [2.05, 4.69) is 10.1 Å². The summed E-state index contributed by atoms with van der Waals surface area (Å²) in [6, 6.07) is 11.8. The number of hydrogen-bond donors (Lipinski definition) is 0. The molecule has 0 radical (unpaired) electrons. The maximum absolute atomic E-state index is 13.2. The fraction of sp³-hybridized carbons (Fsp3) is 0.300. The molecule has 1 saturated heterocycles. The molecule has 8 heteroatoms. The molecular weight excluding hydrogens is 398 g/mol. The van der Waals surface area contributed by atoms with Gasteiger partial charge in [0.05, 0.1) is 4.90 Å². The average Bonchev–Trinajstić information content (AvgIpc) is 3.33. The molecule has 1 aromatic heterocycles. The van der Waals surface area contributed by atoms with Crippen molar-refractivity contribution in [1.82, 2.24) is 14.4 Å². The topological polar surface area (TPSA) is 76.3 Å². The van der Waals surface area contributed by atoms with Crippen LogP contribution in [0.25, 0.3) is 11.4 Å². The van der Waals surface area contributed by atoms with E-state index in [0.717, 1.165) is 23.1 Å². The van der Waals surface area contributed by atoms with E-state index in [4.69, 9.17) is 16.1 Å². The highest BCUT2D eigenvalue weighted by Gasteiger charge is 2.39. The third kappa shape index (κ3) is 3.45. The molecule has 0 aliphatic carbocycles. The van der Waals surface area contributed by atoms with Crippen LogP contribution in [0.3, 0.4) is 0 Å². The van der Waals surface area contributed by atoms with Gasteiger partial charge in [0.15, 0.2) is 0 Å². The number of halogens is 1. The molecule has 0 spiro atoms. The van der Waals surface area contributed by atoms with Gasteiger partial charge in [-0.15, -0.1) is 0 Å². The molecule has 4 rings (SSSR count). The van der Waals surface area contributed by atoms with E-state index >= 15 is 0 Å². The molecule has 1 aliphatic heterocycles. The number of aryl methyl sites for hydroxylation is 2. The van der Waals surface area contributed by atoms with E-state index in [1.807, 2.05) is 19.9 Å². The monoisotopic (exact) mass is 417 g/mol. The number of hydrogen-bond acceptors (Lipinski definition) is 5. The predicted molar refractivity (Wildman–Crippen MR) is 107 cm³/mol. The molecule has 2 heterocycles. The van der Waals surface area contributed by atoms with Crippen LogP contribution in [-0.2, 0) is 10.0 Å². The number of rotatable bonds is 4. The van der Waals surface area contributed by atoms with Gasteiger partial charge in [0.25, 0.3) is 0 Å². The molecule has 2 aromatic carbocycles. The molecule has 1 atom stereocenters. The van der Waals surface area contributed by atoms with Gasteiger partial charge in [-0.1, -0.05) is 22.8 Å². The Bertz CT molecular complexity index is 1110. The van der Waals surface area contributed by atoms with E-state index in [-0.39, 0.29) is 0 Å². The summed E-state index contributed by atoms with van der Waals surface area (Å²) < 4.78 is 33.3. The summed E-state index contributed by atoms with van der Waals surface area (Å²) in [5, 5.41) is 4.64. The summed E-state index contributed by atoms with van der Waals surface area (Å²) in [6.45, 7) is 4.30. The normalized spacial score (nSPS) is 17.9. The first-order chi connectivity index (χ1) is 13.4. The number of benzene rings is 2. The van der Waals surface area contributed by atoms with Crippen molar-refractivity contribution in [2.75, 3.05) is 6.54 Å². The number of sulfonamides is 1. The molecule has 0 unspecified atom stereocenters. The molecule has 3 aromatic rings. The summed E-state index contributed by atoms with van der Waals surface area (Å²) in [4.78, 5) is 4.75. The zero-order valence-electron chi connectivity index (χ0n) is 15.6. The summed E-state index contributed by atoms with van der Waals surface area (Å²) in [5.74, 6) is 0.733. The Morgan fingerprint density at radius 3 is 2.57 bits per heavy atom. The summed E-state index contributed by atoms with van der Waals surface area (Å²) >= 11 is 5.92. The Balaban J connectivity index is 1.65. The van der Waals surface area contributed by atoms with Crippen molar-refractivity contribution in [1.29, 1.82) is 0 Å². The van der Waals surface area contributed by atoms with Gasteiger partial charge in [-0.05, 0) is 74.2 Å². The molecule has 146 valence electrons. The van der Waals surface area contributed by atoms with Crippen molar-refractivity contribution >= 4 is 21.6 Å². The largest absolute Gasteiger partial charge is 0.337 e. The molecule has 28 heavy (non-hydrogen) atoms. The molecule has 0 bridgehead atoms. The van der Waals surface area contributed by atoms with Crippen molar-refractivity contribution in [3.8, 4) is 11.4 Å². The van der Waals surface area contributed by atoms with Crippen LogP contribution in [0, 0.1) is 13.8 Å². The summed E-state index contributed by atoms with van der Waals surface area (Å²) in [7, 11) is -3.65. The minimum Gasteiger partial charge on any atom is -0.337 e. The summed E-state index contributed by atoms with van der Waals surface area (Å²) in [6.07, 6.45) is 1.39. The van der Waals surface area contributed by atoms with Crippen LogP contribution in [0.1, 0.15) is 35.9 Å². The van der Waals surface area contributed by atoms with Gasteiger partial charge in [0.1, 0.15) is 6.04 Å². The average molecular weight is 418 g/mol. The fourth-order valence-corrected chi connectivity index (χ4v) is 5.23. The Labute approximate surface area is 169 Å². The van der Waals surface area contributed by atoms with Gasteiger partial charge in [0, 0.05) is 17.1 Å². The lowest BCUT2D eigenvalue weighted by molar-refractivity contribution is 0.290. The highest BCUT2D eigenvalue weighted by atomic mass is 35.5. The molecule has 1 fully saturated rings. The van der Waals surface area contributed by atoms with Crippen LogP contribution in [0.15, 0.2) is 51.9 Å². The zero-order valence-corrected chi connectivity index (χ0v) is 17.2. The van der Waals surface area contributed by atoms with Crippen LogP contribution in [-0.4, -0.2) is 29.4 Å². The van der Waals surface area contributed by atoms with E-state index < -0.39 is 16.1 Å². The zero-order chi connectivity index (χ0) is 19.9. The van der Waals surface area contributed by atoms with Crippen LogP contribution < -0.4 is 0 Å². The highest BCUT2D eigenvalue weighted by Crippen LogP contribution is 2.36. The quantitative estimate of drug-likeness (QED) is 0.623. The van der Waals surface area contributed by atoms with E-state index in [0.29, 0.717) is 34.6 Å². The molecule has 1 aliphatic rings. The molecule has 6 nitrogen and oxygen atoms in total. The van der Waals surface area contributed by atoms with Gasteiger partial charge in [-0.25, -0.2) is 8.42 Å². The number of aromatic nitrogens is 2. The lowest BCUT2D eigenvalue weighted by Gasteiger charge is -2.21. The van der Waals surface area contributed by atoms with Crippen molar-refractivity contribution < 1.29 is 12.9 Å². The van der Waals surface area contributed by atoms with E-state index in [1.54, 1.807) is 36.4 Å². The van der Waals surface area contributed by atoms with Gasteiger partial charge >= 0.3 is 0 Å². The van der Waals surface area contributed by atoms with Crippen molar-refractivity contribution in [2.24, 2.45) is 0 Å². The van der Waals surface area contributed by atoms with Crippen molar-refractivity contribution in [3.05, 3.63) is 64.5 Å². The third-order valence-electron chi connectivity index (χ3n) is 5.12. The standard InChI is InChI=1S/C20H20ClN3O3S/c1-13-5-10-17(12-14(13)2)28(25,26)24-11-3-4-18(24)20-22-19(23-27-20)15-6-8-16(21)9-7-15/h5-10,12,18H,3-4,11H2,1-2H3/t18-/m1/s1. The maximum atomic E-state index is 13.2. The van der Waals surface area contributed by atoms with Gasteiger partial charge < -0.3 is 4.52 Å². The van der Waals surface area contributed by atoms with E-state index in [1.165, 1.54) is 4.31 Å². The van der Waals surface area contributed by atoms with E-state index in [9.17, 15) is 8.42 Å². The van der Waals surface area contributed by atoms with Crippen LogP contribution in [0.5, 0.6) is 0 Å². The molecular formula is C20H20ClN3O3S. The van der Waals surface area contributed by atoms with Gasteiger partial charge in [-0.3, -0.25) is 0 Å². The third-order valence-corrected chi connectivity index (χ3v) is 7.27. The maximum Gasteiger partial charge on any atom is 0.245 e. The lowest BCUT2D eigenvalue weighted by Crippen LogP contribution is -2.31. The summed E-state index contributed by atoms with van der Waals surface area (Å²) in [5.41, 5.74) is 2.77. The Hall–Kier alpha value is -2.22. The van der Waals surface area contributed by atoms with Crippen LogP contribution in [0.2, 0.25) is 5.02 Å². The van der Waals surface area contributed by atoms with Crippen molar-refractivity contribution in [3.63, 3.8) is 0 Å². The lowest BCUT2D eigenvalue weighted by atomic mass is 10.1. The molecule has 0 amide bonds. The second-order valence-corrected chi connectivity index (χ2v) is 9.31. The first-order valence-electron chi connectivity index (χ1n) is 9.05. The highest BCUT2D eigenvalue weighted by molar-refractivity contribution is 7.89. The second kappa shape index (κ2) is 7.31. The van der Waals surface area contributed by atoms with Crippen molar-refractivity contribution in [2.45, 2.75) is 37.6 Å². The smallest absolute Gasteiger partial charge is 0.245 e. The fourth-order valence-electron chi connectivity index (χ4n) is 3.37. The minimum atomic E-state index is -3.65. The Kier molecular flexibility index (Phi) is 4.99. The molecule has 0 N–H and O–H groups in total. The van der Waals surface area contributed by atoms with Gasteiger partial charge in [-0.2, -0.15) is 9.29 Å². The first-order valence-corrected chi connectivity index (χ1v) is 10.9. The van der Waals surface area contributed by atoms with Gasteiger partial charge in [0.2, 0.25) is 21.7 Å². The second-order valence-electron chi connectivity index (χ2n) is 6.98. The SMILES string of the molecule is Cc1ccc(S(=O)(=O)N2CCC[C@@H]2c2nc(-c3ccc(Cl)cc3)no2)cc1C. The number of nitrogens with zero attached hydrogens (tertiary/aromatic N) is 3. The van der Waals surface area contributed by atoms with Crippen LogP contribution >= 0.6 is 11.6 Å². The van der Waals surface area contributed by atoms with Crippen LogP contribution in [0.4, 0.5) is 0 Å². The molecule has 0 saturated carbocycles. The Morgan fingerprint density at radius 1 is 1.11 bits per heavy atom. The minimum absolute atomic E-state index is 0.292.